The molecule has 32 heavy (non-hydrogen) atoms. The van der Waals surface area contributed by atoms with Crippen molar-refractivity contribution >= 4 is 39.8 Å². The van der Waals surface area contributed by atoms with Crippen molar-refractivity contribution in [2.75, 3.05) is 12.4 Å². The molecule has 0 bridgehead atoms. The zero-order valence-electron chi connectivity index (χ0n) is 18.2. The predicted octanol–water partition coefficient (Wildman–Crippen LogP) is 5.81. The van der Waals surface area contributed by atoms with Crippen molar-refractivity contribution < 1.29 is 4.74 Å². The molecule has 5 rings (SSSR count). The van der Waals surface area contributed by atoms with Crippen LogP contribution in [0.15, 0.2) is 65.0 Å². The Balaban J connectivity index is 0.00000119. The van der Waals surface area contributed by atoms with Gasteiger partial charge in [0.05, 0.1) is 30.9 Å². The van der Waals surface area contributed by atoms with Crippen LogP contribution in [0.1, 0.15) is 19.5 Å². The first kappa shape index (κ1) is 21.8. The summed E-state index contributed by atoms with van der Waals surface area (Å²) in [6.07, 6.45) is 7.43. The van der Waals surface area contributed by atoms with Crippen LogP contribution in [0.2, 0.25) is 0 Å². The molecule has 164 valence electrons. The van der Waals surface area contributed by atoms with E-state index in [1.54, 1.807) is 25.1 Å². The van der Waals surface area contributed by atoms with E-state index in [4.69, 9.17) is 9.72 Å². The molecule has 0 saturated heterocycles. The van der Waals surface area contributed by atoms with E-state index >= 15 is 0 Å². The molecule has 8 nitrogen and oxygen atoms in total. The summed E-state index contributed by atoms with van der Waals surface area (Å²) in [5, 5.41) is 12.0. The summed E-state index contributed by atoms with van der Waals surface area (Å²) in [6, 6.07) is 9.90. The number of aryl methyl sites for hydroxylation is 1. The topological polar surface area (TPSA) is 93.0 Å². The van der Waals surface area contributed by atoms with Gasteiger partial charge in [0.1, 0.15) is 15.8 Å². The summed E-state index contributed by atoms with van der Waals surface area (Å²) in [5.41, 5.74) is 3.57. The summed E-state index contributed by atoms with van der Waals surface area (Å²) in [6.45, 7) is 5.96. The van der Waals surface area contributed by atoms with E-state index in [0.29, 0.717) is 5.82 Å². The van der Waals surface area contributed by atoms with Crippen LogP contribution in [-0.4, -0.2) is 36.0 Å². The van der Waals surface area contributed by atoms with E-state index in [0.717, 1.165) is 43.3 Å². The zero-order chi connectivity index (χ0) is 22.5. The summed E-state index contributed by atoms with van der Waals surface area (Å²) < 4.78 is 11.7. The number of H-pyrrole nitrogens is 1. The first-order valence-electron chi connectivity index (χ1n) is 10.1. The van der Waals surface area contributed by atoms with Gasteiger partial charge < -0.3 is 10.1 Å². The summed E-state index contributed by atoms with van der Waals surface area (Å²) in [7, 11) is 1.66. The van der Waals surface area contributed by atoms with Gasteiger partial charge in [-0.05, 0) is 42.7 Å². The van der Waals surface area contributed by atoms with E-state index in [1.165, 1.54) is 11.5 Å². The van der Waals surface area contributed by atoms with Crippen LogP contribution in [0.5, 0.6) is 5.75 Å². The Labute approximate surface area is 194 Å². The van der Waals surface area contributed by atoms with Gasteiger partial charge in [0.25, 0.3) is 0 Å². The van der Waals surface area contributed by atoms with E-state index in [-0.39, 0.29) is 0 Å². The Kier molecular flexibility index (Phi) is 6.72. The highest BCUT2D eigenvalue weighted by molar-refractivity contribution is 7.99. The lowest BCUT2D eigenvalue weighted by atomic mass is 10.3. The average Bonchev–Trinajstić information content (AvgIpc) is 3.56. The monoisotopic (exact) mass is 465 g/mol. The highest BCUT2D eigenvalue weighted by Crippen LogP contribution is 2.33. The van der Waals surface area contributed by atoms with Crippen LogP contribution in [0, 0.1) is 6.92 Å². The number of hydrogen-bond acceptors (Lipinski definition) is 8. The molecule has 0 aliphatic carbocycles. The highest BCUT2D eigenvalue weighted by Gasteiger charge is 2.15. The number of anilines is 2. The number of rotatable bonds is 6. The first-order valence-corrected chi connectivity index (χ1v) is 11.7. The normalized spacial score (nSPS) is 10.6. The molecule has 0 saturated carbocycles. The number of imidazole rings is 1. The van der Waals surface area contributed by atoms with Crippen LogP contribution in [0.3, 0.4) is 0 Å². The molecule has 1 aromatic carbocycles. The lowest BCUT2D eigenvalue weighted by Crippen LogP contribution is -2.00. The SMILES string of the molecule is CC.COc1cccc(Sc2cn3c(-c4cn[nH]c4)cnc3c(Nc3cc(C)ns3)n2)c1. The number of nitrogens with one attached hydrogen (secondary N) is 2. The molecule has 0 atom stereocenters. The maximum absolute atomic E-state index is 5.35. The minimum absolute atomic E-state index is 0.668. The number of aromatic amines is 1. The molecule has 0 aliphatic heterocycles. The minimum Gasteiger partial charge on any atom is -0.497 e. The summed E-state index contributed by atoms with van der Waals surface area (Å²) in [4.78, 5) is 10.5. The number of methoxy groups -OCH3 is 1. The Morgan fingerprint density at radius 2 is 2.06 bits per heavy atom. The van der Waals surface area contributed by atoms with Gasteiger partial charge in [-0.2, -0.15) is 9.47 Å². The second-order valence-electron chi connectivity index (χ2n) is 6.49. The molecule has 0 aliphatic rings. The van der Waals surface area contributed by atoms with Crippen LogP contribution < -0.4 is 10.1 Å². The van der Waals surface area contributed by atoms with Crippen molar-refractivity contribution in [2.24, 2.45) is 0 Å². The van der Waals surface area contributed by atoms with Crippen molar-refractivity contribution in [3.05, 3.63) is 60.8 Å². The fourth-order valence-electron chi connectivity index (χ4n) is 3.03. The van der Waals surface area contributed by atoms with Crippen molar-refractivity contribution in [2.45, 2.75) is 30.7 Å². The molecule has 10 heteroatoms. The number of nitrogens with zero attached hydrogens (tertiary/aromatic N) is 5. The first-order chi connectivity index (χ1) is 15.7. The number of benzene rings is 1. The van der Waals surface area contributed by atoms with Crippen LogP contribution in [-0.2, 0) is 0 Å². The van der Waals surface area contributed by atoms with Crippen molar-refractivity contribution in [3.8, 4) is 17.0 Å². The van der Waals surface area contributed by atoms with Crippen LogP contribution in [0.25, 0.3) is 16.9 Å². The molecule has 0 fully saturated rings. The molecule has 0 unspecified atom stereocenters. The highest BCUT2D eigenvalue weighted by atomic mass is 32.2. The fourth-order valence-corrected chi connectivity index (χ4v) is 4.55. The third-order valence-corrected chi connectivity index (χ3v) is 6.09. The van der Waals surface area contributed by atoms with Gasteiger partial charge in [0, 0.05) is 22.9 Å². The molecule has 4 aromatic heterocycles. The number of hydrogen-bond donors (Lipinski definition) is 2. The third kappa shape index (κ3) is 4.61. The van der Waals surface area contributed by atoms with E-state index in [9.17, 15) is 0 Å². The second kappa shape index (κ2) is 9.84. The Bertz CT molecular complexity index is 1310. The summed E-state index contributed by atoms with van der Waals surface area (Å²) in [5.74, 6) is 1.47. The number of aromatic nitrogens is 6. The number of fused-ring (bicyclic) bond motifs is 1. The molecular formula is C22H23N7OS2. The lowest BCUT2D eigenvalue weighted by Gasteiger charge is -2.10. The predicted molar refractivity (Wildman–Crippen MR) is 129 cm³/mol. The molecule has 0 radical (unpaired) electrons. The van der Waals surface area contributed by atoms with Gasteiger partial charge in [-0.1, -0.05) is 31.7 Å². The molecule has 4 heterocycles. The van der Waals surface area contributed by atoms with Gasteiger partial charge >= 0.3 is 0 Å². The van der Waals surface area contributed by atoms with E-state index in [2.05, 4.69) is 24.9 Å². The van der Waals surface area contributed by atoms with E-state index in [1.807, 2.05) is 74.1 Å². The smallest absolute Gasteiger partial charge is 0.181 e. The van der Waals surface area contributed by atoms with Gasteiger partial charge in [-0.25, -0.2) is 9.97 Å². The molecule has 0 spiro atoms. The standard InChI is InChI=1S/C20H17N7OS2.C2H6/c1-12-6-17(30-26-12)24-19-20-21-10-16(13-8-22-23-9-13)27(20)11-18(25-19)29-15-5-3-4-14(7-15)28-2;1-2/h3-11H,1-2H3,(H,22,23)(H,24,25);1-2H3. The molecular weight excluding hydrogens is 442 g/mol. The minimum atomic E-state index is 0.668. The van der Waals surface area contributed by atoms with Gasteiger partial charge in [0.2, 0.25) is 0 Å². The van der Waals surface area contributed by atoms with Gasteiger partial charge in [-0.3, -0.25) is 9.50 Å². The third-order valence-electron chi connectivity index (χ3n) is 4.40. The van der Waals surface area contributed by atoms with Gasteiger partial charge in [0.15, 0.2) is 11.5 Å². The largest absolute Gasteiger partial charge is 0.497 e. The van der Waals surface area contributed by atoms with Crippen molar-refractivity contribution in [1.29, 1.82) is 0 Å². The van der Waals surface area contributed by atoms with Crippen LogP contribution in [0.4, 0.5) is 10.8 Å². The maximum Gasteiger partial charge on any atom is 0.181 e. The zero-order valence-corrected chi connectivity index (χ0v) is 19.8. The fraction of sp³-hybridized carbons (Fsp3) is 0.182. The average molecular weight is 466 g/mol. The van der Waals surface area contributed by atoms with Gasteiger partial charge in [-0.15, -0.1) is 0 Å². The molecule has 5 aromatic rings. The quantitative estimate of drug-likeness (QED) is 0.327. The lowest BCUT2D eigenvalue weighted by molar-refractivity contribution is 0.413. The summed E-state index contributed by atoms with van der Waals surface area (Å²) >= 11 is 2.95. The maximum atomic E-state index is 5.35. The van der Waals surface area contributed by atoms with Crippen molar-refractivity contribution in [3.63, 3.8) is 0 Å². The van der Waals surface area contributed by atoms with E-state index < -0.39 is 0 Å². The second-order valence-corrected chi connectivity index (χ2v) is 8.39. The molecule has 0 amide bonds. The van der Waals surface area contributed by atoms with Crippen molar-refractivity contribution in [1.82, 2.24) is 28.9 Å². The Morgan fingerprint density at radius 1 is 1.19 bits per heavy atom. The molecule has 2 N–H and O–H groups in total. The Hall–Kier alpha value is -3.37. The Morgan fingerprint density at radius 3 is 2.78 bits per heavy atom. The number of ether oxygens (including phenoxy) is 1. The van der Waals surface area contributed by atoms with Crippen LogP contribution >= 0.6 is 23.3 Å².